The summed E-state index contributed by atoms with van der Waals surface area (Å²) in [6.45, 7) is 0. The number of alkyl halides is 3. The molecule has 13 heteroatoms. The van der Waals surface area contributed by atoms with E-state index in [1.165, 1.54) is 42.7 Å². The number of nitriles is 1. The molecular weight excluding hydrogens is 469 g/mol. The van der Waals surface area contributed by atoms with E-state index >= 15 is 0 Å². The SMILES string of the molecule is COc1cc(/C=C(/C#N)C(=O)Nc2nnc(C(F)(F)F)s2)ccc1OC(=O)c1cccs1. The van der Waals surface area contributed by atoms with Crippen LogP contribution in [-0.4, -0.2) is 29.2 Å². The number of esters is 1. The minimum atomic E-state index is -4.69. The molecule has 0 atom stereocenters. The highest BCUT2D eigenvalue weighted by molar-refractivity contribution is 7.15. The van der Waals surface area contributed by atoms with Gasteiger partial charge in [-0.25, -0.2) is 4.79 Å². The Bertz CT molecular complexity index is 1210. The lowest BCUT2D eigenvalue weighted by Gasteiger charge is -2.09. The molecule has 0 fully saturated rings. The van der Waals surface area contributed by atoms with E-state index in [2.05, 4.69) is 15.5 Å². The number of amides is 1. The van der Waals surface area contributed by atoms with E-state index in [0.29, 0.717) is 10.4 Å². The van der Waals surface area contributed by atoms with Crippen LogP contribution in [0.25, 0.3) is 6.08 Å². The van der Waals surface area contributed by atoms with Crippen molar-refractivity contribution in [1.29, 1.82) is 5.26 Å². The van der Waals surface area contributed by atoms with E-state index in [1.54, 1.807) is 23.6 Å². The predicted molar refractivity (Wildman–Crippen MR) is 109 cm³/mol. The Hall–Kier alpha value is -3.76. The Balaban J connectivity index is 1.77. The van der Waals surface area contributed by atoms with Gasteiger partial charge >= 0.3 is 12.1 Å². The van der Waals surface area contributed by atoms with E-state index in [0.717, 1.165) is 0 Å². The second kappa shape index (κ2) is 9.58. The van der Waals surface area contributed by atoms with Crippen LogP contribution in [0.1, 0.15) is 20.2 Å². The number of ether oxygens (including phenoxy) is 2. The van der Waals surface area contributed by atoms with Gasteiger partial charge in [0.05, 0.1) is 7.11 Å². The molecule has 0 aliphatic carbocycles. The molecule has 3 rings (SSSR count). The van der Waals surface area contributed by atoms with Crippen LogP contribution in [0.5, 0.6) is 11.5 Å². The lowest BCUT2D eigenvalue weighted by molar-refractivity contribution is -0.138. The quantitative estimate of drug-likeness (QED) is 0.241. The van der Waals surface area contributed by atoms with Crippen molar-refractivity contribution in [3.8, 4) is 17.6 Å². The first-order chi connectivity index (χ1) is 15.2. The molecule has 0 aliphatic rings. The van der Waals surface area contributed by atoms with Crippen LogP contribution in [0.15, 0.2) is 41.3 Å². The van der Waals surface area contributed by atoms with Crippen LogP contribution in [0.3, 0.4) is 0 Å². The van der Waals surface area contributed by atoms with Gasteiger partial charge in [-0.2, -0.15) is 18.4 Å². The first-order valence-electron chi connectivity index (χ1n) is 8.49. The van der Waals surface area contributed by atoms with Crippen LogP contribution in [0, 0.1) is 11.3 Å². The minimum absolute atomic E-state index is 0.125. The molecule has 2 heterocycles. The molecule has 0 bridgehead atoms. The van der Waals surface area contributed by atoms with Crippen molar-refractivity contribution in [2.75, 3.05) is 12.4 Å². The Morgan fingerprint density at radius 3 is 2.59 bits per heavy atom. The number of thiophene rings is 1. The summed E-state index contributed by atoms with van der Waals surface area (Å²) in [6, 6.07) is 9.29. The average molecular weight is 480 g/mol. The number of aromatic nitrogens is 2. The molecule has 1 amide bonds. The van der Waals surface area contributed by atoms with Gasteiger partial charge in [0.25, 0.3) is 5.91 Å². The van der Waals surface area contributed by atoms with Gasteiger partial charge in [0.15, 0.2) is 11.5 Å². The van der Waals surface area contributed by atoms with Crippen molar-refractivity contribution in [2.24, 2.45) is 0 Å². The summed E-state index contributed by atoms with van der Waals surface area (Å²) in [4.78, 5) is 24.8. The van der Waals surface area contributed by atoms with Crippen LogP contribution in [-0.2, 0) is 11.0 Å². The minimum Gasteiger partial charge on any atom is -0.493 e. The van der Waals surface area contributed by atoms with Crippen molar-refractivity contribution < 1.29 is 32.2 Å². The third kappa shape index (κ3) is 5.48. The van der Waals surface area contributed by atoms with Crippen molar-refractivity contribution >= 4 is 45.8 Å². The zero-order valence-corrected chi connectivity index (χ0v) is 17.6. The maximum absolute atomic E-state index is 12.6. The molecule has 0 radical (unpaired) electrons. The molecule has 0 saturated carbocycles. The number of nitrogens with one attached hydrogen (secondary N) is 1. The van der Waals surface area contributed by atoms with Crippen molar-refractivity contribution in [3.63, 3.8) is 0 Å². The Morgan fingerprint density at radius 1 is 1.22 bits per heavy atom. The number of halogens is 3. The zero-order valence-electron chi connectivity index (χ0n) is 16.0. The molecule has 0 saturated heterocycles. The molecular formula is C19H11F3N4O4S2. The summed E-state index contributed by atoms with van der Waals surface area (Å²) in [6.07, 6.45) is -3.51. The fraction of sp³-hybridized carbons (Fsp3) is 0.105. The van der Waals surface area contributed by atoms with Gasteiger partial charge in [0.1, 0.15) is 16.5 Å². The smallest absolute Gasteiger partial charge is 0.445 e. The van der Waals surface area contributed by atoms with Gasteiger partial charge in [-0.3, -0.25) is 10.1 Å². The highest BCUT2D eigenvalue weighted by atomic mass is 32.1. The van der Waals surface area contributed by atoms with E-state index in [1.807, 2.05) is 0 Å². The number of hydrogen-bond acceptors (Lipinski definition) is 9. The standard InChI is InChI=1S/C19H11F3N4O4S2/c1-29-13-8-10(4-5-12(13)30-16(28)14-3-2-6-31-14)7-11(9-23)15(27)24-18-26-25-17(32-18)19(20,21)22/h2-8H,1H3,(H,24,26,27)/b11-7-. The predicted octanol–water partition coefficient (Wildman–Crippen LogP) is 4.39. The summed E-state index contributed by atoms with van der Waals surface area (Å²) in [5.41, 5.74) is -0.0585. The van der Waals surface area contributed by atoms with Gasteiger partial charge in [-0.15, -0.1) is 21.5 Å². The van der Waals surface area contributed by atoms with E-state index in [4.69, 9.17) is 9.47 Å². The highest BCUT2D eigenvalue weighted by Gasteiger charge is 2.35. The van der Waals surface area contributed by atoms with Gasteiger partial charge in [-0.05, 0) is 35.2 Å². The average Bonchev–Trinajstić information content (AvgIpc) is 3.44. The molecule has 0 aliphatic heterocycles. The Kier molecular flexibility index (Phi) is 6.86. The molecule has 32 heavy (non-hydrogen) atoms. The first kappa shape index (κ1) is 22.9. The lowest BCUT2D eigenvalue weighted by atomic mass is 10.1. The second-order valence-electron chi connectivity index (χ2n) is 5.81. The zero-order chi connectivity index (χ0) is 23.3. The Morgan fingerprint density at radius 2 is 2.00 bits per heavy atom. The van der Waals surface area contributed by atoms with Crippen LogP contribution in [0.2, 0.25) is 0 Å². The summed E-state index contributed by atoms with van der Waals surface area (Å²) in [5.74, 6) is -1.25. The maximum Gasteiger partial charge on any atom is 0.445 e. The van der Waals surface area contributed by atoms with Crippen molar-refractivity contribution in [2.45, 2.75) is 6.18 Å². The second-order valence-corrected chi connectivity index (χ2v) is 7.74. The molecule has 3 aromatic rings. The molecule has 1 N–H and O–H groups in total. The van der Waals surface area contributed by atoms with E-state index < -0.39 is 33.8 Å². The maximum atomic E-state index is 12.6. The molecule has 0 spiro atoms. The van der Waals surface area contributed by atoms with Gasteiger partial charge in [0, 0.05) is 0 Å². The summed E-state index contributed by atoms with van der Waals surface area (Å²) in [5, 5.41) is 17.7. The number of hydrogen-bond donors (Lipinski definition) is 1. The van der Waals surface area contributed by atoms with E-state index in [-0.39, 0.29) is 22.8 Å². The third-order valence-electron chi connectivity index (χ3n) is 3.68. The topological polar surface area (TPSA) is 114 Å². The van der Waals surface area contributed by atoms with Crippen LogP contribution < -0.4 is 14.8 Å². The number of methoxy groups -OCH3 is 1. The third-order valence-corrected chi connectivity index (χ3v) is 5.41. The van der Waals surface area contributed by atoms with Crippen LogP contribution >= 0.6 is 22.7 Å². The molecule has 8 nitrogen and oxygen atoms in total. The summed E-state index contributed by atoms with van der Waals surface area (Å²) in [7, 11) is 1.34. The highest BCUT2D eigenvalue weighted by Crippen LogP contribution is 2.33. The van der Waals surface area contributed by atoms with Crippen molar-refractivity contribution in [3.05, 3.63) is 56.7 Å². The van der Waals surface area contributed by atoms with Gasteiger partial charge in [0.2, 0.25) is 10.1 Å². The molecule has 1 aromatic carbocycles. The van der Waals surface area contributed by atoms with E-state index in [9.17, 15) is 28.0 Å². The summed E-state index contributed by atoms with van der Waals surface area (Å²) < 4.78 is 48.3. The number of carbonyl (C=O) groups excluding carboxylic acids is 2. The number of nitrogens with zero attached hydrogens (tertiary/aromatic N) is 3. The summed E-state index contributed by atoms with van der Waals surface area (Å²) >= 11 is 1.34. The lowest BCUT2D eigenvalue weighted by Crippen LogP contribution is -2.13. The monoisotopic (exact) mass is 480 g/mol. The normalized spacial score (nSPS) is 11.5. The van der Waals surface area contributed by atoms with Crippen LogP contribution in [0.4, 0.5) is 18.3 Å². The number of benzene rings is 1. The molecule has 2 aromatic heterocycles. The fourth-order valence-electron chi connectivity index (χ4n) is 2.27. The Labute approximate surface area is 186 Å². The van der Waals surface area contributed by atoms with Gasteiger partial charge < -0.3 is 9.47 Å². The number of anilines is 1. The first-order valence-corrected chi connectivity index (χ1v) is 10.2. The molecule has 0 unspecified atom stereocenters. The van der Waals surface area contributed by atoms with Crippen molar-refractivity contribution in [1.82, 2.24) is 10.2 Å². The number of rotatable bonds is 6. The largest absolute Gasteiger partial charge is 0.493 e. The van der Waals surface area contributed by atoms with Gasteiger partial charge in [-0.1, -0.05) is 23.5 Å². The fourth-order valence-corrected chi connectivity index (χ4v) is 3.48. The number of carbonyl (C=O) groups is 2. The molecule has 164 valence electrons.